The van der Waals surface area contributed by atoms with Crippen molar-refractivity contribution in [3.05, 3.63) is 93.7 Å². The van der Waals surface area contributed by atoms with Gasteiger partial charge in [-0.15, -0.1) is 0 Å². The maximum atomic E-state index is 15.3. The maximum Gasteiger partial charge on any atom is 0.416 e. The Labute approximate surface area is 245 Å². The lowest BCUT2D eigenvalue weighted by atomic mass is 10.1. The molecule has 1 unspecified atom stereocenters. The SMILES string of the molecule is COc1cccc2c1n(Cc1ccccc1C(F)(F)F)c(=O)n2C1CCN(c2c(F)cccc2CN(CCO)CCO)C1. The van der Waals surface area contributed by atoms with Crippen molar-refractivity contribution in [2.24, 2.45) is 0 Å². The van der Waals surface area contributed by atoms with Crippen molar-refractivity contribution in [3.63, 3.8) is 0 Å². The van der Waals surface area contributed by atoms with Crippen LogP contribution in [0.25, 0.3) is 11.0 Å². The average molecular weight is 603 g/mol. The molecular formula is C31H34F4N4O4. The summed E-state index contributed by atoms with van der Waals surface area (Å²) in [4.78, 5) is 17.7. The number of aliphatic hydroxyl groups is 2. The number of benzene rings is 3. The molecule has 0 radical (unpaired) electrons. The summed E-state index contributed by atoms with van der Waals surface area (Å²) >= 11 is 0. The van der Waals surface area contributed by atoms with Crippen molar-refractivity contribution in [3.8, 4) is 5.75 Å². The van der Waals surface area contributed by atoms with Gasteiger partial charge in [0, 0.05) is 32.7 Å². The van der Waals surface area contributed by atoms with Gasteiger partial charge in [0.15, 0.2) is 0 Å². The Morgan fingerprint density at radius 3 is 2.37 bits per heavy atom. The number of hydrogen-bond acceptors (Lipinski definition) is 6. The predicted molar refractivity (Wildman–Crippen MR) is 155 cm³/mol. The van der Waals surface area contributed by atoms with Crippen LogP contribution in [0.15, 0.2) is 65.5 Å². The molecule has 1 fully saturated rings. The molecule has 3 aromatic carbocycles. The molecule has 1 aliphatic rings. The number of rotatable bonds is 11. The van der Waals surface area contributed by atoms with Crippen LogP contribution in [0, 0.1) is 5.82 Å². The van der Waals surface area contributed by atoms with Crippen LogP contribution in [0.2, 0.25) is 0 Å². The topological polar surface area (TPSA) is 83.1 Å². The smallest absolute Gasteiger partial charge is 0.416 e. The molecule has 0 aliphatic carbocycles. The van der Waals surface area contributed by atoms with Crippen molar-refractivity contribution in [2.45, 2.75) is 31.7 Å². The number of anilines is 1. The first-order valence-corrected chi connectivity index (χ1v) is 14.1. The van der Waals surface area contributed by atoms with Gasteiger partial charge in [-0.2, -0.15) is 13.2 Å². The number of halogens is 4. The molecule has 2 heterocycles. The third kappa shape index (κ3) is 6.13. The molecule has 2 N–H and O–H groups in total. The Bertz CT molecular complexity index is 1630. The van der Waals surface area contributed by atoms with Gasteiger partial charge in [-0.3, -0.25) is 14.0 Å². The van der Waals surface area contributed by atoms with E-state index in [0.29, 0.717) is 67.2 Å². The molecule has 5 rings (SSSR count). The van der Waals surface area contributed by atoms with Gasteiger partial charge in [-0.25, -0.2) is 9.18 Å². The summed E-state index contributed by atoms with van der Waals surface area (Å²) in [6, 6.07) is 14.7. The number of aliphatic hydroxyl groups excluding tert-OH is 2. The third-order valence-corrected chi connectivity index (χ3v) is 7.96. The predicted octanol–water partition coefficient (Wildman–Crippen LogP) is 4.26. The molecule has 4 aromatic rings. The van der Waals surface area contributed by atoms with Gasteiger partial charge in [0.25, 0.3) is 0 Å². The minimum Gasteiger partial charge on any atom is -0.494 e. The number of imidazole rings is 1. The van der Waals surface area contributed by atoms with E-state index in [4.69, 9.17) is 4.74 Å². The molecule has 0 spiro atoms. The molecule has 230 valence electrons. The Balaban J connectivity index is 1.53. The van der Waals surface area contributed by atoms with Gasteiger partial charge in [-0.1, -0.05) is 36.4 Å². The van der Waals surface area contributed by atoms with E-state index in [1.807, 2.05) is 9.80 Å². The number of alkyl halides is 3. The Hall–Kier alpha value is -3.87. The first kappa shape index (κ1) is 30.6. The number of nitrogens with zero attached hydrogens (tertiary/aromatic N) is 4. The van der Waals surface area contributed by atoms with Gasteiger partial charge in [0.2, 0.25) is 0 Å². The third-order valence-electron chi connectivity index (χ3n) is 7.96. The number of aromatic nitrogens is 2. The molecule has 0 amide bonds. The van der Waals surface area contributed by atoms with E-state index in [0.717, 1.165) is 6.07 Å². The monoisotopic (exact) mass is 602 g/mol. The van der Waals surface area contributed by atoms with Crippen LogP contribution in [0.3, 0.4) is 0 Å². The summed E-state index contributed by atoms with van der Waals surface area (Å²) in [7, 11) is 1.44. The molecule has 43 heavy (non-hydrogen) atoms. The zero-order chi connectivity index (χ0) is 30.7. The largest absolute Gasteiger partial charge is 0.494 e. The molecule has 0 saturated carbocycles. The highest BCUT2D eigenvalue weighted by molar-refractivity contribution is 5.83. The highest BCUT2D eigenvalue weighted by Crippen LogP contribution is 2.36. The molecule has 0 bridgehead atoms. The van der Waals surface area contributed by atoms with Crippen molar-refractivity contribution in [1.82, 2.24) is 14.0 Å². The standard InChI is InChI=1S/C31H34F4N4O4/c1-43-27-11-5-10-26-29(27)38(19-21-6-2-3-8-24(21)31(33,34)35)30(42)39(26)23-12-13-37(20-23)28-22(7-4-9-25(28)32)18-36(14-16-40)15-17-41/h2-11,23,40-41H,12-20H2,1H3. The first-order valence-electron chi connectivity index (χ1n) is 14.1. The number of para-hydroxylation sites is 2. The quantitative estimate of drug-likeness (QED) is 0.250. The molecule has 1 aromatic heterocycles. The van der Waals surface area contributed by atoms with Crippen LogP contribution in [0.4, 0.5) is 23.2 Å². The van der Waals surface area contributed by atoms with E-state index in [9.17, 15) is 28.2 Å². The summed E-state index contributed by atoms with van der Waals surface area (Å²) in [5, 5.41) is 18.9. The zero-order valence-corrected chi connectivity index (χ0v) is 23.7. The molecular weight excluding hydrogens is 568 g/mol. The van der Waals surface area contributed by atoms with E-state index >= 15 is 4.39 Å². The number of hydrogen-bond donors (Lipinski definition) is 2. The number of fused-ring (bicyclic) bond motifs is 1. The summed E-state index contributed by atoms with van der Waals surface area (Å²) in [6.45, 7) is 1.14. The van der Waals surface area contributed by atoms with E-state index in [-0.39, 0.29) is 31.4 Å². The summed E-state index contributed by atoms with van der Waals surface area (Å²) in [5.41, 5.74) is 0.651. The fourth-order valence-corrected chi connectivity index (χ4v) is 6.07. The van der Waals surface area contributed by atoms with Crippen molar-refractivity contribution in [1.29, 1.82) is 0 Å². The van der Waals surface area contributed by atoms with Gasteiger partial charge in [0.1, 0.15) is 17.1 Å². The Kier molecular flexibility index (Phi) is 9.09. The summed E-state index contributed by atoms with van der Waals surface area (Å²) < 4.78 is 65.2. The molecule has 12 heteroatoms. The van der Waals surface area contributed by atoms with Crippen LogP contribution in [0.1, 0.15) is 29.2 Å². The highest BCUT2D eigenvalue weighted by atomic mass is 19.4. The second-order valence-corrected chi connectivity index (χ2v) is 10.6. The fraction of sp³-hybridized carbons (Fsp3) is 0.387. The second kappa shape index (κ2) is 12.8. The van der Waals surface area contributed by atoms with E-state index < -0.39 is 23.2 Å². The molecule has 1 atom stereocenters. The van der Waals surface area contributed by atoms with Crippen molar-refractivity contribution in [2.75, 3.05) is 51.4 Å². The first-order chi connectivity index (χ1) is 20.7. The maximum absolute atomic E-state index is 15.3. The molecule has 8 nitrogen and oxygen atoms in total. The van der Waals surface area contributed by atoms with E-state index in [1.54, 1.807) is 34.9 Å². The van der Waals surface area contributed by atoms with Crippen LogP contribution < -0.4 is 15.3 Å². The van der Waals surface area contributed by atoms with Crippen LogP contribution in [-0.2, 0) is 19.3 Å². The van der Waals surface area contributed by atoms with Gasteiger partial charge < -0.3 is 19.8 Å². The zero-order valence-electron chi connectivity index (χ0n) is 23.7. The number of methoxy groups -OCH3 is 1. The summed E-state index contributed by atoms with van der Waals surface area (Å²) in [5.74, 6) is -0.0664. The van der Waals surface area contributed by atoms with Gasteiger partial charge >= 0.3 is 11.9 Å². The highest BCUT2D eigenvalue weighted by Gasteiger charge is 2.35. The molecule has 1 aliphatic heterocycles. The lowest BCUT2D eigenvalue weighted by Crippen LogP contribution is -2.32. The van der Waals surface area contributed by atoms with E-state index in [2.05, 4.69) is 0 Å². The lowest BCUT2D eigenvalue weighted by molar-refractivity contribution is -0.138. The lowest BCUT2D eigenvalue weighted by Gasteiger charge is -2.26. The second-order valence-electron chi connectivity index (χ2n) is 10.6. The minimum absolute atomic E-state index is 0.0404. The normalized spacial score (nSPS) is 15.6. The minimum atomic E-state index is -4.59. The van der Waals surface area contributed by atoms with Crippen LogP contribution in [-0.4, -0.2) is 70.7 Å². The van der Waals surface area contributed by atoms with Crippen LogP contribution in [0.5, 0.6) is 5.75 Å². The Morgan fingerprint density at radius 1 is 0.977 bits per heavy atom. The van der Waals surface area contributed by atoms with Gasteiger partial charge in [-0.05, 0) is 41.8 Å². The number of ether oxygens (including phenoxy) is 1. The van der Waals surface area contributed by atoms with Crippen LogP contribution >= 0.6 is 0 Å². The Morgan fingerprint density at radius 2 is 1.67 bits per heavy atom. The van der Waals surface area contributed by atoms with Crippen molar-refractivity contribution >= 4 is 16.7 Å². The fourth-order valence-electron chi connectivity index (χ4n) is 6.07. The van der Waals surface area contributed by atoms with Crippen molar-refractivity contribution < 1.29 is 32.5 Å². The van der Waals surface area contributed by atoms with E-state index in [1.165, 1.54) is 35.9 Å². The average Bonchev–Trinajstić information content (AvgIpc) is 3.55. The molecule has 1 saturated heterocycles. The van der Waals surface area contributed by atoms with Gasteiger partial charge in [0.05, 0.1) is 49.7 Å². The summed E-state index contributed by atoms with van der Waals surface area (Å²) in [6.07, 6.45) is -4.09.